The average molecular weight is 252 g/mol. The summed E-state index contributed by atoms with van der Waals surface area (Å²) in [6.45, 7) is 8.87. The highest BCUT2D eigenvalue weighted by Crippen LogP contribution is 2.17. The first kappa shape index (κ1) is 12.6. The van der Waals surface area contributed by atoms with Crippen LogP contribution in [0.15, 0.2) is 17.4 Å². The highest BCUT2D eigenvalue weighted by Gasteiger charge is 2.19. The van der Waals surface area contributed by atoms with Crippen LogP contribution in [-0.2, 0) is 0 Å². The Morgan fingerprint density at radius 1 is 1.24 bits per heavy atom. The van der Waals surface area contributed by atoms with Crippen LogP contribution >= 0.6 is 11.8 Å². The standard InChI is InChI=1S/C12H20N4S/c1-10(2)15-6-8-16(9-7-15)11-4-5-13-12(14-11)17-3/h4-5,10H,6-9H2,1-3H3. The molecule has 0 unspecified atom stereocenters. The summed E-state index contributed by atoms with van der Waals surface area (Å²) in [5.74, 6) is 1.06. The van der Waals surface area contributed by atoms with Gasteiger partial charge >= 0.3 is 0 Å². The number of nitrogens with zero attached hydrogens (tertiary/aromatic N) is 4. The molecule has 0 bridgehead atoms. The summed E-state index contributed by atoms with van der Waals surface area (Å²) in [5.41, 5.74) is 0. The molecular weight excluding hydrogens is 232 g/mol. The van der Waals surface area contributed by atoms with Gasteiger partial charge in [-0.1, -0.05) is 11.8 Å². The number of hydrogen-bond acceptors (Lipinski definition) is 5. The number of anilines is 1. The van der Waals surface area contributed by atoms with Crippen LogP contribution in [0.25, 0.3) is 0 Å². The lowest BCUT2D eigenvalue weighted by Crippen LogP contribution is -2.49. The third kappa shape index (κ3) is 3.10. The van der Waals surface area contributed by atoms with Gasteiger partial charge in [0.05, 0.1) is 0 Å². The Kier molecular flexibility index (Phi) is 4.23. The molecule has 2 heterocycles. The van der Waals surface area contributed by atoms with Gasteiger partial charge in [-0.05, 0) is 26.2 Å². The van der Waals surface area contributed by atoms with E-state index in [1.165, 1.54) is 0 Å². The lowest BCUT2D eigenvalue weighted by atomic mass is 10.2. The molecule has 1 aliphatic rings. The van der Waals surface area contributed by atoms with Gasteiger partial charge in [-0.3, -0.25) is 4.90 Å². The molecular formula is C12H20N4S. The minimum Gasteiger partial charge on any atom is -0.354 e. The monoisotopic (exact) mass is 252 g/mol. The van der Waals surface area contributed by atoms with Crippen LogP contribution in [-0.4, -0.2) is 53.3 Å². The van der Waals surface area contributed by atoms with Crippen LogP contribution in [0.5, 0.6) is 0 Å². The number of rotatable bonds is 3. The fourth-order valence-electron chi connectivity index (χ4n) is 2.07. The van der Waals surface area contributed by atoms with Crippen LogP contribution in [0.1, 0.15) is 13.8 Å². The fourth-order valence-corrected chi connectivity index (χ4v) is 2.42. The molecule has 0 atom stereocenters. The molecule has 0 N–H and O–H groups in total. The van der Waals surface area contributed by atoms with Crippen molar-refractivity contribution in [1.29, 1.82) is 0 Å². The third-order valence-electron chi connectivity index (χ3n) is 3.17. The summed E-state index contributed by atoms with van der Waals surface area (Å²) in [4.78, 5) is 13.6. The zero-order valence-corrected chi connectivity index (χ0v) is 11.6. The molecule has 2 rings (SSSR count). The summed E-state index contributed by atoms with van der Waals surface area (Å²) in [6.07, 6.45) is 3.86. The zero-order chi connectivity index (χ0) is 12.3. The lowest BCUT2D eigenvalue weighted by molar-refractivity contribution is 0.209. The van der Waals surface area contributed by atoms with Gasteiger partial charge in [-0.15, -0.1) is 0 Å². The second kappa shape index (κ2) is 5.69. The average Bonchev–Trinajstić information content (AvgIpc) is 2.39. The molecule has 1 aromatic rings. The predicted octanol–water partition coefficient (Wildman–Crippen LogP) is 1.73. The van der Waals surface area contributed by atoms with Crippen molar-refractivity contribution in [3.63, 3.8) is 0 Å². The Labute approximate surface area is 107 Å². The van der Waals surface area contributed by atoms with Gasteiger partial charge in [0.15, 0.2) is 5.16 Å². The van der Waals surface area contributed by atoms with Gasteiger partial charge < -0.3 is 4.90 Å². The molecule has 4 nitrogen and oxygen atoms in total. The summed E-state index contributed by atoms with van der Waals surface area (Å²) < 4.78 is 0. The summed E-state index contributed by atoms with van der Waals surface area (Å²) in [7, 11) is 0. The van der Waals surface area contributed by atoms with E-state index in [9.17, 15) is 0 Å². The minimum atomic E-state index is 0.643. The number of aromatic nitrogens is 2. The Hall–Kier alpha value is -0.810. The van der Waals surface area contributed by atoms with E-state index in [0.717, 1.165) is 37.2 Å². The van der Waals surface area contributed by atoms with Crippen LogP contribution in [0.4, 0.5) is 5.82 Å². The summed E-state index contributed by atoms with van der Waals surface area (Å²) >= 11 is 1.59. The number of piperazine rings is 1. The number of thioether (sulfide) groups is 1. The van der Waals surface area contributed by atoms with Crippen molar-refractivity contribution in [1.82, 2.24) is 14.9 Å². The molecule has 94 valence electrons. The summed E-state index contributed by atoms with van der Waals surface area (Å²) in [6, 6.07) is 2.65. The quantitative estimate of drug-likeness (QED) is 0.604. The maximum Gasteiger partial charge on any atom is 0.189 e. The van der Waals surface area contributed by atoms with E-state index < -0.39 is 0 Å². The molecule has 0 aliphatic carbocycles. The molecule has 5 heteroatoms. The predicted molar refractivity (Wildman–Crippen MR) is 72.7 cm³/mol. The zero-order valence-electron chi connectivity index (χ0n) is 10.8. The summed E-state index contributed by atoms with van der Waals surface area (Å²) in [5, 5.41) is 0.855. The first-order chi connectivity index (χ1) is 8.20. The molecule has 1 fully saturated rings. The van der Waals surface area contributed by atoms with Crippen molar-refractivity contribution in [2.45, 2.75) is 25.0 Å². The number of hydrogen-bond donors (Lipinski definition) is 0. The van der Waals surface area contributed by atoms with Gasteiger partial charge in [0.25, 0.3) is 0 Å². The Morgan fingerprint density at radius 3 is 2.53 bits per heavy atom. The maximum absolute atomic E-state index is 4.54. The molecule has 0 spiro atoms. The van der Waals surface area contributed by atoms with E-state index in [2.05, 4.69) is 33.6 Å². The van der Waals surface area contributed by atoms with E-state index in [1.807, 2.05) is 18.5 Å². The highest BCUT2D eigenvalue weighted by molar-refractivity contribution is 7.98. The van der Waals surface area contributed by atoms with Gasteiger partial charge in [-0.2, -0.15) is 0 Å². The molecule has 1 aromatic heterocycles. The molecule has 17 heavy (non-hydrogen) atoms. The van der Waals surface area contributed by atoms with E-state index in [-0.39, 0.29) is 0 Å². The van der Waals surface area contributed by atoms with Crippen LogP contribution in [0.2, 0.25) is 0 Å². The minimum absolute atomic E-state index is 0.643. The van der Waals surface area contributed by atoms with E-state index in [4.69, 9.17) is 0 Å². The van der Waals surface area contributed by atoms with Gasteiger partial charge in [-0.25, -0.2) is 9.97 Å². The smallest absolute Gasteiger partial charge is 0.189 e. The first-order valence-electron chi connectivity index (χ1n) is 6.06. The van der Waals surface area contributed by atoms with E-state index in [0.29, 0.717) is 6.04 Å². The van der Waals surface area contributed by atoms with E-state index in [1.54, 1.807) is 11.8 Å². The van der Waals surface area contributed by atoms with Gasteiger partial charge in [0.1, 0.15) is 5.82 Å². The van der Waals surface area contributed by atoms with Gasteiger partial charge in [0.2, 0.25) is 0 Å². The molecule has 1 saturated heterocycles. The Bertz CT molecular complexity index is 361. The van der Waals surface area contributed by atoms with Crippen LogP contribution in [0.3, 0.4) is 0 Å². The van der Waals surface area contributed by atoms with Crippen LogP contribution < -0.4 is 4.90 Å². The van der Waals surface area contributed by atoms with Crippen molar-refractivity contribution in [3.8, 4) is 0 Å². The maximum atomic E-state index is 4.54. The highest BCUT2D eigenvalue weighted by atomic mass is 32.2. The molecule has 0 radical (unpaired) electrons. The van der Waals surface area contributed by atoms with Crippen molar-refractivity contribution < 1.29 is 0 Å². The SMILES string of the molecule is CSc1nccc(N2CCN(C(C)C)CC2)n1. The molecule has 0 saturated carbocycles. The Morgan fingerprint density at radius 2 is 1.94 bits per heavy atom. The second-order valence-corrected chi connectivity index (χ2v) is 5.29. The third-order valence-corrected chi connectivity index (χ3v) is 3.73. The fraction of sp³-hybridized carbons (Fsp3) is 0.667. The molecule has 0 amide bonds. The largest absolute Gasteiger partial charge is 0.354 e. The van der Waals surface area contributed by atoms with Gasteiger partial charge in [0, 0.05) is 38.4 Å². The Balaban J connectivity index is 2.00. The van der Waals surface area contributed by atoms with Crippen molar-refractivity contribution in [2.24, 2.45) is 0 Å². The normalized spacial score (nSPS) is 17.8. The topological polar surface area (TPSA) is 32.3 Å². The van der Waals surface area contributed by atoms with Crippen LogP contribution in [0, 0.1) is 0 Å². The van der Waals surface area contributed by atoms with Crippen molar-refractivity contribution >= 4 is 17.6 Å². The first-order valence-corrected chi connectivity index (χ1v) is 7.29. The van der Waals surface area contributed by atoms with E-state index >= 15 is 0 Å². The molecule has 0 aromatic carbocycles. The molecule has 1 aliphatic heterocycles. The lowest BCUT2D eigenvalue weighted by Gasteiger charge is -2.37. The van der Waals surface area contributed by atoms with Crippen molar-refractivity contribution in [2.75, 3.05) is 37.3 Å². The van der Waals surface area contributed by atoms with Crippen molar-refractivity contribution in [3.05, 3.63) is 12.3 Å². The second-order valence-electron chi connectivity index (χ2n) is 4.52.